The van der Waals surface area contributed by atoms with Gasteiger partial charge < -0.3 is 5.11 Å². The highest BCUT2D eigenvalue weighted by Gasteiger charge is 2.28. The van der Waals surface area contributed by atoms with E-state index in [0.29, 0.717) is 11.9 Å². The fraction of sp³-hybridized carbons (Fsp3) is 0.316. The lowest BCUT2D eigenvalue weighted by molar-refractivity contribution is -0.141. The van der Waals surface area contributed by atoms with E-state index in [1.165, 1.54) is 17.3 Å². The quantitative estimate of drug-likeness (QED) is 0.462. The average Bonchev–Trinajstić information content (AvgIpc) is 2.61. The molecule has 2 aromatic rings. The smallest absolute Gasteiger partial charge is 0.350 e. The van der Waals surface area contributed by atoms with Crippen LogP contribution in [0.5, 0.6) is 0 Å². The molecule has 3 nitrogen and oxygen atoms in total. The number of carboxylic acids is 1. The molecule has 126 valence electrons. The molecule has 0 aliphatic rings. The molecule has 0 aromatic heterocycles. The van der Waals surface area contributed by atoms with Crippen LogP contribution >= 0.6 is 19.6 Å². The van der Waals surface area contributed by atoms with Crippen molar-refractivity contribution in [2.75, 3.05) is 11.7 Å². The molecular formula is C19H22O3PS+. The van der Waals surface area contributed by atoms with Gasteiger partial charge in [-0.25, -0.2) is 0 Å². The van der Waals surface area contributed by atoms with Crippen LogP contribution in [0.1, 0.15) is 18.4 Å². The number of hydrogen-bond acceptors (Lipinski definition) is 3. The molecule has 2 aromatic carbocycles. The first-order valence-corrected chi connectivity index (χ1v) is 10.6. The molecule has 0 amide bonds. The lowest BCUT2D eigenvalue weighted by Crippen LogP contribution is -2.16. The summed E-state index contributed by atoms with van der Waals surface area (Å²) in [6.07, 6.45) is 2.50. The number of thioether (sulfide) groups is 1. The molecule has 0 radical (unpaired) electrons. The Hall–Kier alpha value is -1.64. The molecule has 0 heterocycles. The van der Waals surface area contributed by atoms with E-state index < -0.39 is 19.7 Å². The molecule has 0 aliphatic heterocycles. The van der Waals surface area contributed by atoms with E-state index in [0.717, 1.165) is 17.7 Å². The van der Waals surface area contributed by atoms with Crippen molar-refractivity contribution in [1.82, 2.24) is 0 Å². The summed E-state index contributed by atoms with van der Waals surface area (Å²) in [7, 11) is -1.51. The third kappa shape index (κ3) is 6.86. The molecule has 0 saturated heterocycles. The summed E-state index contributed by atoms with van der Waals surface area (Å²) in [5.74, 6) is -1.36. The van der Waals surface area contributed by atoms with E-state index >= 15 is 0 Å². The first-order chi connectivity index (χ1) is 11.6. The third-order valence-electron chi connectivity index (χ3n) is 3.75. The first kappa shape index (κ1) is 18.7. The van der Waals surface area contributed by atoms with Gasteiger partial charge in [-0.2, -0.15) is 0 Å². The molecule has 2 atom stereocenters. The Kier molecular flexibility index (Phi) is 8.00. The normalized spacial score (nSPS) is 12.6. The minimum Gasteiger partial charge on any atom is -0.481 e. The summed E-state index contributed by atoms with van der Waals surface area (Å²) >= 11 is 1.53. The Morgan fingerprint density at radius 3 is 2.29 bits per heavy atom. The van der Waals surface area contributed by atoms with Gasteiger partial charge in [-0.3, -0.25) is 4.79 Å². The second kappa shape index (κ2) is 10.3. The summed E-state index contributed by atoms with van der Waals surface area (Å²) in [4.78, 5) is 12.5. The van der Waals surface area contributed by atoms with Crippen molar-refractivity contribution >= 4 is 25.5 Å². The molecule has 0 bridgehead atoms. The Bertz CT molecular complexity index is 646. The number of rotatable bonds is 10. The molecule has 0 fully saturated rings. The molecule has 2 rings (SSSR count). The van der Waals surface area contributed by atoms with Crippen LogP contribution in [0.2, 0.25) is 0 Å². The monoisotopic (exact) mass is 361 g/mol. The molecule has 1 N–H and O–H groups in total. The lowest BCUT2D eigenvalue weighted by atomic mass is 10.0. The highest BCUT2D eigenvalue weighted by Crippen LogP contribution is 2.34. The Morgan fingerprint density at radius 2 is 1.67 bits per heavy atom. The predicted octanol–water partition coefficient (Wildman–Crippen LogP) is 5.29. The minimum atomic E-state index is -1.51. The Morgan fingerprint density at radius 1 is 1.04 bits per heavy atom. The largest absolute Gasteiger partial charge is 0.481 e. The van der Waals surface area contributed by atoms with E-state index in [-0.39, 0.29) is 6.16 Å². The van der Waals surface area contributed by atoms with Crippen LogP contribution < -0.4 is 0 Å². The Labute approximate surface area is 148 Å². The van der Waals surface area contributed by atoms with Crippen molar-refractivity contribution in [3.05, 3.63) is 66.2 Å². The van der Waals surface area contributed by atoms with Gasteiger partial charge in [0.15, 0.2) is 11.7 Å². The van der Waals surface area contributed by atoms with Gasteiger partial charge in [0.2, 0.25) is 0 Å². The van der Waals surface area contributed by atoms with Crippen LogP contribution in [-0.4, -0.2) is 22.7 Å². The number of hydrogen-bond donors (Lipinski definition) is 1. The van der Waals surface area contributed by atoms with Gasteiger partial charge in [0.1, 0.15) is 5.92 Å². The fourth-order valence-electron chi connectivity index (χ4n) is 2.45. The van der Waals surface area contributed by atoms with Crippen LogP contribution in [0.15, 0.2) is 65.6 Å². The molecule has 0 spiro atoms. The van der Waals surface area contributed by atoms with E-state index in [9.17, 15) is 14.5 Å². The second-order valence-corrected chi connectivity index (χ2v) is 8.79. The van der Waals surface area contributed by atoms with E-state index in [1.807, 2.05) is 60.7 Å². The Balaban J connectivity index is 1.75. The summed E-state index contributed by atoms with van der Waals surface area (Å²) in [6.45, 7) is 0. The lowest BCUT2D eigenvalue weighted by Gasteiger charge is -2.07. The van der Waals surface area contributed by atoms with Crippen LogP contribution in [0, 0.1) is 5.92 Å². The SMILES string of the molecule is O=C(O)C(CCCc1ccccc1)C[P+](=O)CSc1ccccc1. The van der Waals surface area contributed by atoms with Crippen molar-refractivity contribution in [3.63, 3.8) is 0 Å². The number of carboxylic acid groups (broad SMARTS) is 1. The number of benzene rings is 2. The van der Waals surface area contributed by atoms with Gasteiger partial charge in [0.05, 0.1) is 0 Å². The van der Waals surface area contributed by atoms with Gasteiger partial charge in [0.25, 0.3) is 0 Å². The highest BCUT2D eigenvalue weighted by atomic mass is 32.2. The van der Waals surface area contributed by atoms with E-state index in [2.05, 4.69) is 0 Å². The first-order valence-electron chi connectivity index (χ1n) is 8.02. The van der Waals surface area contributed by atoms with Crippen molar-refractivity contribution in [2.24, 2.45) is 5.92 Å². The van der Waals surface area contributed by atoms with Crippen LogP contribution in [0.3, 0.4) is 0 Å². The zero-order chi connectivity index (χ0) is 17.2. The van der Waals surface area contributed by atoms with E-state index in [4.69, 9.17) is 0 Å². The standard InChI is InChI=1S/C19H21O3PS/c20-19(21)17(11-7-10-16-8-3-1-4-9-16)14-23(22)15-24-18-12-5-2-6-13-18/h1-6,8-9,12-13,17H,7,10-11,14-15H2/p+1. The number of aliphatic carboxylic acids is 1. The summed E-state index contributed by atoms with van der Waals surface area (Å²) in [5.41, 5.74) is 1.69. The van der Waals surface area contributed by atoms with Gasteiger partial charge in [0, 0.05) is 4.90 Å². The molecule has 24 heavy (non-hydrogen) atoms. The summed E-state index contributed by atoms with van der Waals surface area (Å²) < 4.78 is 12.2. The summed E-state index contributed by atoms with van der Waals surface area (Å²) in [6, 6.07) is 19.8. The zero-order valence-corrected chi connectivity index (χ0v) is 15.2. The maximum Gasteiger partial charge on any atom is 0.350 e. The zero-order valence-electron chi connectivity index (χ0n) is 13.5. The number of aryl methyl sites for hydroxylation is 1. The maximum absolute atomic E-state index is 12.2. The van der Waals surface area contributed by atoms with Crippen molar-refractivity contribution < 1.29 is 14.5 Å². The molecule has 0 saturated carbocycles. The van der Waals surface area contributed by atoms with Crippen molar-refractivity contribution in [1.29, 1.82) is 0 Å². The van der Waals surface area contributed by atoms with Gasteiger partial charge >= 0.3 is 13.8 Å². The molecule has 0 aliphatic carbocycles. The molecule has 2 unspecified atom stereocenters. The van der Waals surface area contributed by atoms with Crippen molar-refractivity contribution in [3.8, 4) is 0 Å². The predicted molar refractivity (Wildman–Crippen MR) is 100 cm³/mol. The van der Waals surface area contributed by atoms with Gasteiger partial charge in [-0.1, -0.05) is 64.9 Å². The fourth-order valence-corrected chi connectivity index (χ4v) is 5.23. The van der Waals surface area contributed by atoms with Gasteiger partial charge in [-0.15, -0.1) is 0 Å². The van der Waals surface area contributed by atoms with Crippen LogP contribution in [0.25, 0.3) is 0 Å². The number of carbonyl (C=O) groups is 1. The molecule has 5 heteroatoms. The van der Waals surface area contributed by atoms with Crippen LogP contribution in [0.4, 0.5) is 0 Å². The van der Waals surface area contributed by atoms with Crippen LogP contribution in [-0.2, 0) is 15.8 Å². The minimum absolute atomic E-state index is 0.263. The average molecular weight is 361 g/mol. The molecular weight excluding hydrogens is 339 g/mol. The summed E-state index contributed by atoms with van der Waals surface area (Å²) in [5, 5.41) is 9.37. The highest BCUT2D eigenvalue weighted by molar-refractivity contribution is 8.03. The maximum atomic E-state index is 12.2. The van der Waals surface area contributed by atoms with Crippen molar-refractivity contribution in [2.45, 2.75) is 24.2 Å². The van der Waals surface area contributed by atoms with E-state index in [1.54, 1.807) is 0 Å². The third-order valence-corrected chi connectivity index (χ3v) is 6.87. The van der Waals surface area contributed by atoms with Gasteiger partial charge in [-0.05, 0) is 37.0 Å². The second-order valence-electron chi connectivity index (χ2n) is 5.66. The topological polar surface area (TPSA) is 54.4 Å².